The predicted molar refractivity (Wildman–Crippen MR) is 62.4 cm³/mol. The fraction of sp³-hybridized carbons (Fsp3) is 0.583. The molecule has 1 saturated heterocycles. The van der Waals surface area contributed by atoms with Crippen LogP contribution in [0, 0.1) is 6.92 Å². The molecule has 3 nitrogen and oxygen atoms in total. The molecule has 0 spiro atoms. The third kappa shape index (κ3) is 1.37. The van der Waals surface area contributed by atoms with Gasteiger partial charge >= 0.3 is 0 Å². The van der Waals surface area contributed by atoms with E-state index in [0.717, 1.165) is 6.54 Å². The zero-order valence-electron chi connectivity index (χ0n) is 9.16. The summed E-state index contributed by atoms with van der Waals surface area (Å²) in [6.45, 7) is 4.42. The van der Waals surface area contributed by atoms with Gasteiger partial charge in [0.2, 0.25) is 0 Å². The molecule has 2 aliphatic heterocycles. The van der Waals surface area contributed by atoms with Crippen LogP contribution < -0.4 is 10.2 Å². The monoisotopic (exact) mass is 203 g/mol. The molecule has 1 unspecified atom stereocenters. The van der Waals surface area contributed by atoms with Crippen molar-refractivity contribution in [1.82, 2.24) is 4.98 Å². The second kappa shape index (κ2) is 3.40. The number of fused-ring (bicyclic) bond motifs is 3. The second-order valence-corrected chi connectivity index (χ2v) is 4.53. The van der Waals surface area contributed by atoms with Crippen LogP contribution in [0.2, 0.25) is 0 Å². The van der Waals surface area contributed by atoms with Gasteiger partial charge in [0.25, 0.3) is 0 Å². The van der Waals surface area contributed by atoms with Crippen LogP contribution in [0.3, 0.4) is 0 Å². The van der Waals surface area contributed by atoms with Crippen LogP contribution in [0.15, 0.2) is 12.3 Å². The number of anilines is 2. The maximum atomic E-state index is 4.55. The zero-order chi connectivity index (χ0) is 10.3. The van der Waals surface area contributed by atoms with Gasteiger partial charge in [0.15, 0.2) is 5.82 Å². The maximum absolute atomic E-state index is 4.55. The highest BCUT2D eigenvalue weighted by Gasteiger charge is 2.29. The lowest BCUT2D eigenvalue weighted by Gasteiger charge is -2.24. The summed E-state index contributed by atoms with van der Waals surface area (Å²) in [6, 6.07) is 2.80. The molecule has 15 heavy (non-hydrogen) atoms. The van der Waals surface area contributed by atoms with Crippen LogP contribution in [0.5, 0.6) is 0 Å². The quantitative estimate of drug-likeness (QED) is 0.700. The lowest BCUT2D eigenvalue weighted by atomic mass is 10.1. The highest BCUT2D eigenvalue weighted by atomic mass is 15.3. The van der Waals surface area contributed by atoms with Crippen molar-refractivity contribution in [3.63, 3.8) is 0 Å². The Hall–Kier alpha value is -1.25. The molecule has 0 aliphatic carbocycles. The van der Waals surface area contributed by atoms with E-state index < -0.39 is 0 Å². The molecule has 1 aromatic heterocycles. The molecule has 0 aromatic carbocycles. The lowest BCUT2D eigenvalue weighted by Crippen LogP contribution is -2.29. The topological polar surface area (TPSA) is 28.2 Å². The zero-order valence-corrected chi connectivity index (χ0v) is 9.16. The normalized spacial score (nSPS) is 24.1. The van der Waals surface area contributed by atoms with E-state index in [9.17, 15) is 0 Å². The molecule has 1 fully saturated rings. The molecule has 1 aromatic rings. The summed E-state index contributed by atoms with van der Waals surface area (Å²) in [5.74, 6) is 1.18. The number of pyridine rings is 1. The summed E-state index contributed by atoms with van der Waals surface area (Å²) in [7, 11) is 0. The van der Waals surface area contributed by atoms with Gasteiger partial charge in [0.1, 0.15) is 0 Å². The van der Waals surface area contributed by atoms with E-state index in [2.05, 4.69) is 28.2 Å². The SMILES string of the molecule is Cc1ccnc2c1NCCC1CCCN21. The van der Waals surface area contributed by atoms with E-state index in [1.165, 1.54) is 42.9 Å². The predicted octanol–water partition coefficient (Wildman–Crippen LogP) is 2.17. The standard InChI is InChI=1S/C12H17N3/c1-9-4-6-14-12-11(9)13-7-5-10-3-2-8-15(10)12/h4,6,10,13H,2-3,5,7-8H2,1H3. The van der Waals surface area contributed by atoms with Crippen LogP contribution in [-0.4, -0.2) is 24.1 Å². The van der Waals surface area contributed by atoms with E-state index in [0.29, 0.717) is 6.04 Å². The van der Waals surface area contributed by atoms with Crippen molar-refractivity contribution in [2.75, 3.05) is 23.3 Å². The Balaban J connectivity index is 2.09. The van der Waals surface area contributed by atoms with Gasteiger partial charge in [0, 0.05) is 25.3 Å². The Labute approximate surface area is 90.5 Å². The molecule has 3 heterocycles. The van der Waals surface area contributed by atoms with Gasteiger partial charge in [-0.1, -0.05) is 0 Å². The third-order valence-corrected chi connectivity index (χ3v) is 3.57. The first-order valence-corrected chi connectivity index (χ1v) is 5.82. The molecule has 0 radical (unpaired) electrons. The van der Waals surface area contributed by atoms with Crippen molar-refractivity contribution in [2.45, 2.75) is 32.2 Å². The maximum Gasteiger partial charge on any atom is 0.152 e. The third-order valence-electron chi connectivity index (χ3n) is 3.57. The molecule has 2 aliphatic rings. The molecule has 1 atom stereocenters. The summed E-state index contributed by atoms with van der Waals surface area (Å²) in [5, 5.41) is 3.52. The van der Waals surface area contributed by atoms with Crippen LogP contribution in [-0.2, 0) is 0 Å². The summed E-state index contributed by atoms with van der Waals surface area (Å²) in [6.07, 6.45) is 5.82. The molecule has 0 saturated carbocycles. The van der Waals surface area contributed by atoms with Gasteiger partial charge in [0.05, 0.1) is 5.69 Å². The Morgan fingerprint density at radius 2 is 2.40 bits per heavy atom. The summed E-state index contributed by atoms with van der Waals surface area (Å²) in [4.78, 5) is 7.03. The molecule has 80 valence electrons. The first kappa shape index (κ1) is 9.01. The molecule has 0 bridgehead atoms. The Kier molecular flexibility index (Phi) is 2.04. The van der Waals surface area contributed by atoms with Gasteiger partial charge in [-0.3, -0.25) is 0 Å². The molecular formula is C12H17N3. The van der Waals surface area contributed by atoms with E-state index in [1.54, 1.807) is 0 Å². The number of rotatable bonds is 0. The van der Waals surface area contributed by atoms with Crippen molar-refractivity contribution in [3.05, 3.63) is 17.8 Å². The summed E-state index contributed by atoms with van der Waals surface area (Å²) in [5.41, 5.74) is 2.56. The fourth-order valence-corrected chi connectivity index (χ4v) is 2.76. The highest BCUT2D eigenvalue weighted by molar-refractivity contribution is 5.70. The van der Waals surface area contributed by atoms with Gasteiger partial charge in [-0.05, 0) is 37.8 Å². The lowest BCUT2D eigenvalue weighted by molar-refractivity contribution is 0.635. The Morgan fingerprint density at radius 3 is 3.33 bits per heavy atom. The first-order chi connectivity index (χ1) is 7.36. The van der Waals surface area contributed by atoms with E-state index in [-0.39, 0.29) is 0 Å². The largest absolute Gasteiger partial charge is 0.382 e. The molecule has 1 N–H and O–H groups in total. The van der Waals surface area contributed by atoms with Crippen molar-refractivity contribution >= 4 is 11.5 Å². The number of hydrogen-bond donors (Lipinski definition) is 1. The minimum atomic E-state index is 0.716. The first-order valence-electron chi connectivity index (χ1n) is 5.82. The van der Waals surface area contributed by atoms with Crippen molar-refractivity contribution < 1.29 is 0 Å². The number of aromatic nitrogens is 1. The van der Waals surface area contributed by atoms with Gasteiger partial charge in [-0.15, -0.1) is 0 Å². The number of hydrogen-bond acceptors (Lipinski definition) is 3. The van der Waals surface area contributed by atoms with Crippen LogP contribution in [0.4, 0.5) is 11.5 Å². The smallest absolute Gasteiger partial charge is 0.152 e. The summed E-state index contributed by atoms with van der Waals surface area (Å²) >= 11 is 0. The fourth-order valence-electron chi connectivity index (χ4n) is 2.76. The van der Waals surface area contributed by atoms with E-state index in [4.69, 9.17) is 0 Å². The van der Waals surface area contributed by atoms with Crippen molar-refractivity contribution in [2.24, 2.45) is 0 Å². The second-order valence-electron chi connectivity index (χ2n) is 4.53. The Bertz CT molecular complexity index is 375. The molecule has 3 rings (SSSR count). The molecular weight excluding hydrogens is 186 g/mol. The average molecular weight is 203 g/mol. The Morgan fingerprint density at radius 1 is 1.47 bits per heavy atom. The minimum absolute atomic E-state index is 0.716. The summed E-state index contributed by atoms with van der Waals surface area (Å²) < 4.78 is 0. The van der Waals surface area contributed by atoms with Gasteiger partial charge in [-0.25, -0.2) is 4.98 Å². The van der Waals surface area contributed by atoms with Crippen molar-refractivity contribution in [3.8, 4) is 0 Å². The number of aryl methyl sites for hydroxylation is 1. The van der Waals surface area contributed by atoms with Gasteiger partial charge < -0.3 is 10.2 Å². The average Bonchev–Trinajstić information content (AvgIpc) is 2.62. The van der Waals surface area contributed by atoms with E-state index >= 15 is 0 Å². The van der Waals surface area contributed by atoms with Crippen LogP contribution in [0.1, 0.15) is 24.8 Å². The minimum Gasteiger partial charge on any atom is -0.382 e. The van der Waals surface area contributed by atoms with Crippen LogP contribution in [0.25, 0.3) is 0 Å². The van der Waals surface area contributed by atoms with Gasteiger partial charge in [-0.2, -0.15) is 0 Å². The van der Waals surface area contributed by atoms with Crippen molar-refractivity contribution in [1.29, 1.82) is 0 Å². The number of nitrogens with zero attached hydrogens (tertiary/aromatic N) is 2. The van der Waals surface area contributed by atoms with Crippen LogP contribution >= 0.6 is 0 Å². The molecule has 3 heteroatoms. The van der Waals surface area contributed by atoms with E-state index in [1.807, 2.05) is 6.20 Å². The number of nitrogens with one attached hydrogen (secondary N) is 1. The highest BCUT2D eigenvalue weighted by Crippen LogP contribution is 2.35. The molecule has 0 amide bonds.